The molecule has 1 heterocycles. The number of hydrogen-bond acceptors (Lipinski definition) is 1. The number of benzene rings is 8. The van der Waals surface area contributed by atoms with Crippen molar-refractivity contribution in [1.29, 1.82) is 0 Å². The van der Waals surface area contributed by atoms with Gasteiger partial charge in [-0.3, -0.25) is 0 Å². The molecule has 9 aromatic rings. The molecule has 0 saturated carbocycles. The van der Waals surface area contributed by atoms with Crippen LogP contribution in [0.2, 0.25) is 0 Å². The summed E-state index contributed by atoms with van der Waals surface area (Å²) in [5.74, 6) is 0. The first kappa shape index (κ1) is 24.1. The first-order valence-electron chi connectivity index (χ1n) is 15.4. The quantitative estimate of drug-likeness (QED) is 0.192. The van der Waals surface area contributed by atoms with Crippen molar-refractivity contribution in [2.75, 3.05) is 0 Å². The summed E-state index contributed by atoms with van der Waals surface area (Å²) in [5.41, 5.74) is 12.1. The maximum Gasteiger partial charge on any atom is 0.143 e. The van der Waals surface area contributed by atoms with Gasteiger partial charge in [0.15, 0.2) is 0 Å². The summed E-state index contributed by atoms with van der Waals surface area (Å²) >= 11 is 0. The third kappa shape index (κ3) is 2.99. The van der Waals surface area contributed by atoms with Gasteiger partial charge in [0.1, 0.15) is 11.2 Å². The predicted molar refractivity (Wildman–Crippen MR) is 186 cm³/mol. The highest BCUT2D eigenvalue weighted by Crippen LogP contribution is 2.56. The van der Waals surface area contributed by atoms with Gasteiger partial charge in [-0.05, 0) is 83.4 Å². The molecular weight excluding hydrogens is 532 g/mol. The van der Waals surface area contributed by atoms with E-state index in [-0.39, 0.29) is 5.41 Å². The van der Waals surface area contributed by atoms with Gasteiger partial charge >= 0.3 is 0 Å². The Bertz CT molecular complexity index is 2620. The van der Waals surface area contributed by atoms with E-state index in [1.807, 2.05) is 0 Å². The largest absolute Gasteiger partial charge is 0.455 e. The maximum absolute atomic E-state index is 6.82. The molecule has 1 aliphatic rings. The number of furan rings is 1. The monoisotopic (exact) mass is 560 g/mol. The normalized spacial score (nSPS) is 13.9. The highest BCUT2D eigenvalue weighted by atomic mass is 16.3. The summed E-state index contributed by atoms with van der Waals surface area (Å²) in [7, 11) is 0. The molecule has 0 fully saturated rings. The van der Waals surface area contributed by atoms with Crippen molar-refractivity contribution >= 4 is 54.3 Å². The van der Waals surface area contributed by atoms with Gasteiger partial charge < -0.3 is 4.42 Å². The van der Waals surface area contributed by atoms with Crippen molar-refractivity contribution in [1.82, 2.24) is 0 Å². The second-order valence-electron chi connectivity index (χ2n) is 12.8. The van der Waals surface area contributed by atoms with Gasteiger partial charge in [0.25, 0.3) is 0 Å². The first-order valence-corrected chi connectivity index (χ1v) is 15.4. The van der Waals surface area contributed by atoms with Crippen LogP contribution in [0.15, 0.2) is 138 Å². The average Bonchev–Trinajstić information content (AvgIpc) is 3.55. The minimum Gasteiger partial charge on any atom is -0.455 e. The molecule has 10 rings (SSSR count). The zero-order chi connectivity index (χ0) is 29.2. The number of para-hydroxylation sites is 1. The lowest BCUT2D eigenvalue weighted by atomic mass is 9.77. The van der Waals surface area contributed by atoms with Crippen LogP contribution in [0.3, 0.4) is 0 Å². The number of fused-ring (bicyclic) bond motifs is 6. The van der Waals surface area contributed by atoms with E-state index in [1.165, 1.54) is 87.6 Å². The fraction of sp³-hybridized carbons (Fsp3) is 0.0698. The third-order valence-corrected chi connectivity index (χ3v) is 10.2. The van der Waals surface area contributed by atoms with Crippen LogP contribution in [0, 0.1) is 0 Å². The molecule has 1 heteroatoms. The lowest BCUT2D eigenvalue weighted by molar-refractivity contribution is 0.650. The molecule has 1 aliphatic carbocycles. The minimum atomic E-state index is -0.182. The van der Waals surface area contributed by atoms with Gasteiger partial charge in [0.05, 0.1) is 0 Å². The van der Waals surface area contributed by atoms with Crippen LogP contribution in [0.25, 0.3) is 87.6 Å². The van der Waals surface area contributed by atoms with Gasteiger partial charge in [-0.25, -0.2) is 0 Å². The van der Waals surface area contributed by atoms with Crippen LogP contribution in [0.4, 0.5) is 0 Å². The van der Waals surface area contributed by atoms with E-state index in [0.717, 1.165) is 11.2 Å². The Hall–Kier alpha value is -5.40. The molecule has 0 aliphatic heterocycles. The smallest absolute Gasteiger partial charge is 0.143 e. The van der Waals surface area contributed by atoms with Gasteiger partial charge in [0.2, 0.25) is 0 Å². The topological polar surface area (TPSA) is 13.1 Å². The highest BCUT2D eigenvalue weighted by molar-refractivity contribution is 6.28. The van der Waals surface area contributed by atoms with Gasteiger partial charge in [-0.2, -0.15) is 0 Å². The van der Waals surface area contributed by atoms with E-state index >= 15 is 0 Å². The van der Waals surface area contributed by atoms with Crippen LogP contribution < -0.4 is 0 Å². The summed E-state index contributed by atoms with van der Waals surface area (Å²) in [6.07, 6.45) is 0. The summed E-state index contributed by atoms with van der Waals surface area (Å²) < 4.78 is 6.82. The summed E-state index contributed by atoms with van der Waals surface area (Å²) in [4.78, 5) is 0. The molecule has 0 amide bonds. The molecule has 0 N–H and O–H groups in total. The van der Waals surface area contributed by atoms with E-state index < -0.39 is 0 Å². The number of hydrogen-bond donors (Lipinski definition) is 0. The van der Waals surface area contributed by atoms with Gasteiger partial charge in [-0.1, -0.05) is 135 Å². The molecule has 1 aromatic heterocycles. The molecular formula is C43H28O. The molecule has 0 bridgehead atoms. The fourth-order valence-electron chi connectivity index (χ4n) is 8.26. The Labute approximate surface area is 255 Å². The van der Waals surface area contributed by atoms with Crippen molar-refractivity contribution in [3.05, 3.63) is 145 Å². The zero-order valence-electron chi connectivity index (χ0n) is 24.6. The second kappa shape index (κ2) is 8.36. The predicted octanol–water partition coefficient (Wildman–Crippen LogP) is 12.1. The Morgan fingerprint density at radius 3 is 1.91 bits per heavy atom. The van der Waals surface area contributed by atoms with E-state index in [1.54, 1.807) is 0 Å². The van der Waals surface area contributed by atoms with Crippen LogP contribution in [-0.2, 0) is 5.41 Å². The van der Waals surface area contributed by atoms with Crippen molar-refractivity contribution in [2.24, 2.45) is 0 Å². The van der Waals surface area contributed by atoms with E-state index in [2.05, 4.69) is 147 Å². The Balaban J connectivity index is 1.38. The van der Waals surface area contributed by atoms with Gasteiger partial charge in [-0.15, -0.1) is 0 Å². The molecule has 0 saturated heterocycles. The Morgan fingerprint density at radius 2 is 1.11 bits per heavy atom. The molecule has 1 nitrogen and oxygen atoms in total. The molecule has 0 unspecified atom stereocenters. The van der Waals surface area contributed by atoms with E-state index in [9.17, 15) is 0 Å². The first-order chi connectivity index (χ1) is 21.6. The lowest BCUT2D eigenvalue weighted by Gasteiger charge is -2.25. The minimum absolute atomic E-state index is 0.182. The molecule has 0 radical (unpaired) electrons. The molecule has 0 spiro atoms. The number of rotatable bonds is 2. The third-order valence-electron chi connectivity index (χ3n) is 10.2. The highest BCUT2D eigenvalue weighted by Gasteiger charge is 2.39. The maximum atomic E-state index is 6.82. The molecule has 206 valence electrons. The van der Waals surface area contributed by atoms with Crippen LogP contribution in [-0.4, -0.2) is 0 Å². The summed E-state index contributed by atoms with van der Waals surface area (Å²) in [6, 6.07) is 49.0. The Morgan fingerprint density at radius 1 is 0.477 bits per heavy atom. The van der Waals surface area contributed by atoms with Gasteiger partial charge in [0, 0.05) is 21.8 Å². The van der Waals surface area contributed by atoms with Crippen molar-refractivity contribution in [2.45, 2.75) is 19.3 Å². The van der Waals surface area contributed by atoms with Crippen LogP contribution in [0.1, 0.15) is 25.0 Å². The van der Waals surface area contributed by atoms with Crippen LogP contribution >= 0.6 is 0 Å². The average molecular weight is 561 g/mol. The summed E-state index contributed by atoms with van der Waals surface area (Å²) in [5, 5.41) is 10.1. The molecule has 8 aromatic carbocycles. The molecule has 0 atom stereocenters. The van der Waals surface area contributed by atoms with Crippen molar-refractivity contribution in [3.8, 4) is 33.4 Å². The fourth-order valence-corrected chi connectivity index (χ4v) is 8.26. The SMILES string of the molecule is CC1(C)c2ccccc2-c2cc3c(oc4ccccc43)c(-c3ccc4ccc5c(-c6ccccc6)ccc6ccc3c4c65)c21. The standard InChI is InChI=1S/C43H28O/c1-43(2)36-14-8-6-12-29(36)34-24-35-30-13-7-9-15-37(30)44-42(35)40(41(34)43)33-23-19-27-17-21-31-28(25-10-4-3-5-11-25)20-16-26-18-22-32(33)39(27)38(26)31/h3-24H,1-2H3. The van der Waals surface area contributed by atoms with E-state index in [0.29, 0.717) is 0 Å². The van der Waals surface area contributed by atoms with Crippen molar-refractivity contribution in [3.63, 3.8) is 0 Å². The zero-order valence-corrected chi connectivity index (χ0v) is 24.6. The Kier molecular flexibility index (Phi) is 4.58. The van der Waals surface area contributed by atoms with Crippen LogP contribution in [0.5, 0.6) is 0 Å². The summed E-state index contributed by atoms with van der Waals surface area (Å²) in [6.45, 7) is 4.75. The lowest BCUT2D eigenvalue weighted by Crippen LogP contribution is -2.16. The van der Waals surface area contributed by atoms with Crippen molar-refractivity contribution < 1.29 is 4.42 Å². The van der Waals surface area contributed by atoms with E-state index in [4.69, 9.17) is 4.42 Å². The second-order valence-corrected chi connectivity index (χ2v) is 12.8. The molecule has 44 heavy (non-hydrogen) atoms.